The van der Waals surface area contributed by atoms with Gasteiger partial charge in [0, 0.05) is 22.0 Å². The molecule has 1 atom stereocenters. The lowest BCUT2D eigenvalue weighted by atomic mass is 9.91. The number of benzene rings is 2. The lowest BCUT2D eigenvalue weighted by Crippen LogP contribution is -2.50. The summed E-state index contributed by atoms with van der Waals surface area (Å²) in [5.41, 5.74) is -3.70. The van der Waals surface area contributed by atoms with Gasteiger partial charge in [-0.3, -0.25) is 0 Å². The predicted molar refractivity (Wildman–Crippen MR) is 102 cm³/mol. The van der Waals surface area contributed by atoms with Gasteiger partial charge in [0.25, 0.3) is 5.60 Å². The molecule has 0 radical (unpaired) electrons. The Balaban J connectivity index is 2.25. The number of amides is 2. The van der Waals surface area contributed by atoms with E-state index in [0.717, 1.165) is 18.2 Å². The molecule has 2 amide bonds. The lowest BCUT2D eigenvalue weighted by Gasteiger charge is -2.29. The van der Waals surface area contributed by atoms with Crippen LogP contribution in [0.25, 0.3) is 0 Å². The Morgan fingerprint density at radius 1 is 1.10 bits per heavy atom. The Morgan fingerprint density at radius 2 is 1.72 bits per heavy atom. The van der Waals surface area contributed by atoms with E-state index < -0.39 is 29.3 Å². The smallest absolute Gasteiger partial charge is 0.432 e. The summed E-state index contributed by atoms with van der Waals surface area (Å²) in [5, 5.41) is 15.6. The number of hydrogen-bond acceptors (Lipinski definition) is 4. The van der Waals surface area contributed by atoms with Crippen molar-refractivity contribution in [2.75, 3.05) is 17.2 Å². The van der Waals surface area contributed by atoms with Crippen molar-refractivity contribution in [1.82, 2.24) is 0 Å². The summed E-state index contributed by atoms with van der Waals surface area (Å²) in [6, 6.07) is 8.66. The highest BCUT2D eigenvalue weighted by atomic mass is 35.5. The van der Waals surface area contributed by atoms with Gasteiger partial charge in [-0.2, -0.15) is 13.2 Å². The van der Waals surface area contributed by atoms with Crippen LogP contribution in [0.3, 0.4) is 0 Å². The number of nitrogens with one attached hydrogen (secondary N) is 2. The number of carbonyl (C=O) groups is 2. The second-order valence-corrected chi connectivity index (χ2v) is 6.48. The zero-order valence-electron chi connectivity index (χ0n) is 15.4. The summed E-state index contributed by atoms with van der Waals surface area (Å²) < 4.78 is 44.7. The summed E-state index contributed by atoms with van der Waals surface area (Å²) in [5.74, 6) is -1.83. The van der Waals surface area contributed by atoms with E-state index in [1.807, 2.05) is 0 Å². The van der Waals surface area contributed by atoms with E-state index >= 15 is 0 Å². The molecular formula is C19H18ClF3N2O4. The lowest BCUT2D eigenvalue weighted by molar-refractivity contribution is -0.267. The van der Waals surface area contributed by atoms with Crippen LogP contribution in [0.1, 0.15) is 18.1 Å². The number of hydrogen-bond donors (Lipinski definition) is 3. The van der Waals surface area contributed by atoms with Gasteiger partial charge in [0.05, 0.1) is 6.61 Å². The van der Waals surface area contributed by atoms with Crippen LogP contribution >= 0.6 is 11.6 Å². The average Bonchev–Trinajstić information content (AvgIpc) is 2.63. The zero-order valence-corrected chi connectivity index (χ0v) is 16.2. The van der Waals surface area contributed by atoms with Gasteiger partial charge in [-0.1, -0.05) is 23.7 Å². The fraction of sp³-hybridized carbons (Fsp3) is 0.263. The SMILES string of the molecule is CCOC(=O)[C@](O)(c1ccc(NC(=O)Nc2ccc(Cl)cc2)c(C)c1)C(F)(F)F. The van der Waals surface area contributed by atoms with Gasteiger partial charge in [-0.15, -0.1) is 0 Å². The normalized spacial score (nSPS) is 13.3. The largest absolute Gasteiger partial charge is 0.463 e. The molecule has 6 nitrogen and oxygen atoms in total. The molecule has 0 aliphatic heterocycles. The molecule has 0 aliphatic rings. The van der Waals surface area contributed by atoms with Gasteiger partial charge in [0.1, 0.15) is 0 Å². The topological polar surface area (TPSA) is 87.7 Å². The monoisotopic (exact) mass is 430 g/mol. The van der Waals surface area contributed by atoms with Crippen LogP contribution in [0.15, 0.2) is 42.5 Å². The van der Waals surface area contributed by atoms with Crippen molar-refractivity contribution in [3.8, 4) is 0 Å². The fourth-order valence-electron chi connectivity index (χ4n) is 2.48. The fourth-order valence-corrected chi connectivity index (χ4v) is 2.61. The van der Waals surface area contributed by atoms with Crippen molar-refractivity contribution in [3.05, 3.63) is 58.6 Å². The minimum absolute atomic E-state index is 0.189. The van der Waals surface area contributed by atoms with E-state index in [4.69, 9.17) is 11.6 Å². The molecule has 156 valence electrons. The molecule has 0 spiro atoms. The first-order valence-electron chi connectivity index (χ1n) is 8.40. The van der Waals surface area contributed by atoms with Crippen LogP contribution in [0.5, 0.6) is 0 Å². The number of alkyl halides is 3. The second-order valence-electron chi connectivity index (χ2n) is 6.04. The molecule has 0 bridgehead atoms. The molecule has 0 aliphatic carbocycles. The summed E-state index contributed by atoms with van der Waals surface area (Å²) in [7, 11) is 0. The number of urea groups is 1. The first-order valence-corrected chi connectivity index (χ1v) is 8.78. The van der Waals surface area contributed by atoms with Crippen LogP contribution in [0.2, 0.25) is 5.02 Å². The molecule has 0 unspecified atom stereocenters. The first-order chi connectivity index (χ1) is 13.5. The van der Waals surface area contributed by atoms with Crippen LogP contribution in [-0.4, -0.2) is 29.9 Å². The van der Waals surface area contributed by atoms with Crippen molar-refractivity contribution < 1.29 is 32.6 Å². The van der Waals surface area contributed by atoms with E-state index in [9.17, 15) is 27.9 Å². The van der Waals surface area contributed by atoms with Crippen LogP contribution < -0.4 is 10.6 Å². The zero-order chi connectivity index (χ0) is 21.8. The van der Waals surface area contributed by atoms with Crippen molar-refractivity contribution in [2.24, 2.45) is 0 Å². The molecule has 0 fully saturated rings. The van der Waals surface area contributed by atoms with Crippen molar-refractivity contribution >= 4 is 35.0 Å². The minimum atomic E-state index is -5.30. The Bertz CT molecular complexity index is 903. The Labute approximate surface area is 169 Å². The summed E-state index contributed by atoms with van der Waals surface area (Å²) in [6.45, 7) is 2.41. The number of anilines is 2. The molecule has 0 heterocycles. The summed E-state index contributed by atoms with van der Waals surface area (Å²) in [4.78, 5) is 23.9. The van der Waals surface area contributed by atoms with Gasteiger partial charge >= 0.3 is 18.2 Å². The maximum Gasteiger partial charge on any atom is 0.432 e. The predicted octanol–water partition coefficient (Wildman–Crippen LogP) is 4.61. The van der Waals surface area contributed by atoms with E-state index in [2.05, 4.69) is 15.4 Å². The van der Waals surface area contributed by atoms with Crippen molar-refractivity contribution in [1.29, 1.82) is 0 Å². The quantitative estimate of drug-likeness (QED) is 0.605. The molecule has 10 heteroatoms. The second kappa shape index (κ2) is 8.71. The van der Waals surface area contributed by atoms with Gasteiger partial charge in [0.2, 0.25) is 0 Å². The third kappa shape index (κ3) is 4.99. The number of aryl methyl sites for hydroxylation is 1. The third-order valence-electron chi connectivity index (χ3n) is 3.98. The molecule has 2 aromatic rings. The van der Waals surface area contributed by atoms with E-state index in [1.54, 1.807) is 24.3 Å². The number of aliphatic hydroxyl groups is 1. The highest BCUT2D eigenvalue weighted by Gasteiger charge is 2.62. The highest BCUT2D eigenvalue weighted by molar-refractivity contribution is 6.30. The summed E-state index contributed by atoms with van der Waals surface area (Å²) in [6.07, 6.45) is -5.30. The van der Waals surface area contributed by atoms with E-state index in [-0.39, 0.29) is 17.9 Å². The van der Waals surface area contributed by atoms with Crippen LogP contribution in [-0.2, 0) is 15.1 Å². The van der Waals surface area contributed by atoms with Crippen molar-refractivity contribution in [2.45, 2.75) is 25.6 Å². The van der Waals surface area contributed by atoms with Gasteiger partial charge in [-0.05, 0) is 49.7 Å². The molecular weight excluding hydrogens is 413 g/mol. The standard InChI is InChI=1S/C19H18ClF3N2O4/c1-3-29-16(26)18(28,19(21,22)23)12-4-9-15(11(2)10-12)25-17(27)24-14-7-5-13(20)6-8-14/h4-10,28H,3H2,1-2H3,(H2,24,25,27)/t18-/m1/s1. The number of ether oxygens (including phenoxy) is 1. The number of esters is 1. The molecule has 2 rings (SSSR count). The third-order valence-corrected chi connectivity index (χ3v) is 4.23. The molecule has 0 saturated heterocycles. The maximum atomic E-state index is 13.4. The van der Waals surface area contributed by atoms with E-state index in [1.165, 1.54) is 13.8 Å². The van der Waals surface area contributed by atoms with Gasteiger partial charge < -0.3 is 20.5 Å². The van der Waals surface area contributed by atoms with E-state index in [0.29, 0.717) is 10.7 Å². The van der Waals surface area contributed by atoms with Crippen LogP contribution in [0.4, 0.5) is 29.3 Å². The number of halogens is 4. The molecule has 2 aromatic carbocycles. The molecule has 29 heavy (non-hydrogen) atoms. The molecule has 0 saturated carbocycles. The minimum Gasteiger partial charge on any atom is -0.463 e. The Hall–Kier alpha value is -2.78. The van der Waals surface area contributed by atoms with Crippen molar-refractivity contribution in [3.63, 3.8) is 0 Å². The first kappa shape index (κ1) is 22.5. The van der Waals surface area contributed by atoms with Gasteiger partial charge in [0.15, 0.2) is 0 Å². The average molecular weight is 431 g/mol. The Morgan fingerprint density at radius 3 is 2.24 bits per heavy atom. The highest BCUT2D eigenvalue weighted by Crippen LogP contribution is 2.41. The Kier molecular flexibility index (Phi) is 6.76. The maximum absolute atomic E-state index is 13.4. The number of carbonyl (C=O) groups excluding carboxylic acids is 2. The molecule has 0 aromatic heterocycles. The van der Waals surface area contributed by atoms with Crippen LogP contribution in [0, 0.1) is 6.92 Å². The summed E-state index contributed by atoms with van der Waals surface area (Å²) >= 11 is 5.76. The number of rotatable bonds is 5. The molecule has 3 N–H and O–H groups in total. The van der Waals surface area contributed by atoms with Gasteiger partial charge in [-0.25, -0.2) is 9.59 Å².